The van der Waals surface area contributed by atoms with Crippen LogP contribution in [0, 0.1) is 12.8 Å². The van der Waals surface area contributed by atoms with Gasteiger partial charge in [-0.3, -0.25) is 0 Å². The highest BCUT2D eigenvalue weighted by molar-refractivity contribution is 5.85. The zero-order valence-corrected chi connectivity index (χ0v) is 10.0. The smallest absolute Gasteiger partial charge is 0.123 e. The first-order valence-corrected chi connectivity index (χ1v) is 5.12. The van der Waals surface area contributed by atoms with Gasteiger partial charge < -0.3 is 10.5 Å². The fourth-order valence-corrected chi connectivity index (χ4v) is 1.80. The Kier molecular flexibility index (Phi) is 4.00. The Balaban J connectivity index is 0.00000112. The molecule has 0 spiro atoms. The molecule has 0 aliphatic heterocycles. The molecule has 0 aromatic heterocycles. The van der Waals surface area contributed by atoms with Crippen molar-refractivity contribution in [3.8, 4) is 5.75 Å². The van der Waals surface area contributed by atoms with Gasteiger partial charge >= 0.3 is 0 Å². The molecule has 1 fully saturated rings. The quantitative estimate of drug-likeness (QED) is 0.862. The monoisotopic (exact) mass is 227 g/mol. The summed E-state index contributed by atoms with van der Waals surface area (Å²) in [6.45, 7) is 2.06. The predicted molar refractivity (Wildman–Crippen MR) is 64.6 cm³/mol. The lowest BCUT2D eigenvalue weighted by Gasteiger charge is -2.15. The van der Waals surface area contributed by atoms with E-state index in [0.717, 1.165) is 11.3 Å². The maximum atomic E-state index is 6.15. The second-order valence-electron chi connectivity index (χ2n) is 4.11. The number of halogens is 1. The highest BCUT2D eigenvalue weighted by Crippen LogP contribution is 2.42. The van der Waals surface area contributed by atoms with E-state index < -0.39 is 0 Å². The molecular weight excluding hydrogens is 210 g/mol. The predicted octanol–water partition coefficient (Wildman–Crippen LogP) is 2.84. The van der Waals surface area contributed by atoms with Crippen molar-refractivity contribution in [3.63, 3.8) is 0 Å². The summed E-state index contributed by atoms with van der Waals surface area (Å²) < 4.78 is 5.35. The van der Waals surface area contributed by atoms with Crippen LogP contribution in [0.2, 0.25) is 0 Å². The molecule has 0 radical (unpaired) electrons. The Morgan fingerprint density at radius 3 is 2.60 bits per heavy atom. The van der Waals surface area contributed by atoms with Gasteiger partial charge in [-0.2, -0.15) is 0 Å². The normalized spacial score (nSPS) is 16.7. The van der Waals surface area contributed by atoms with Crippen LogP contribution < -0.4 is 10.5 Å². The first-order valence-electron chi connectivity index (χ1n) is 5.12. The summed E-state index contributed by atoms with van der Waals surface area (Å²) in [4.78, 5) is 0. The van der Waals surface area contributed by atoms with Gasteiger partial charge in [0.25, 0.3) is 0 Å². The van der Waals surface area contributed by atoms with Crippen LogP contribution in [0.4, 0.5) is 0 Å². The summed E-state index contributed by atoms with van der Waals surface area (Å²) in [7, 11) is 1.71. The fourth-order valence-electron chi connectivity index (χ4n) is 1.80. The van der Waals surface area contributed by atoms with E-state index in [9.17, 15) is 0 Å². The van der Waals surface area contributed by atoms with Crippen molar-refractivity contribution in [1.29, 1.82) is 0 Å². The first kappa shape index (κ1) is 12.3. The van der Waals surface area contributed by atoms with E-state index >= 15 is 0 Å². The minimum atomic E-state index is 0. The van der Waals surface area contributed by atoms with Gasteiger partial charge in [0.1, 0.15) is 5.75 Å². The highest BCUT2D eigenvalue weighted by Gasteiger charge is 2.31. The van der Waals surface area contributed by atoms with Gasteiger partial charge in [0.2, 0.25) is 0 Å². The average molecular weight is 228 g/mol. The molecule has 0 heterocycles. The molecular formula is C12H18ClNO. The largest absolute Gasteiger partial charge is 0.496 e. The summed E-state index contributed by atoms with van der Waals surface area (Å²) in [6, 6.07) is 6.40. The molecule has 84 valence electrons. The average Bonchev–Trinajstić information content (AvgIpc) is 3.00. The van der Waals surface area contributed by atoms with Crippen LogP contribution >= 0.6 is 12.4 Å². The number of rotatable bonds is 3. The SMILES string of the molecule is COc1cc(C)ccc1[C@H](N)C1CC1.Cl. The molecule has 1 aliphatic rings. The van der Waals surface area contributed by atoms with Gasteiger partial charge in [-0.15, -0.1) is 12.4 Å². The molecule has 0 amide bonds. The van der Waals surface area contributed by atoms with Crippen LogP contribution in [0.5, 0.6) is 5.75 Å². The van der Waals surface area contributed by atoms with Crippen LogP contribution in [0.3, 0.4) is 0 Å². The molecule has 1 saturated carbocycles. The van der Waals surface area contributed by atoms with Gasteiger partial charge in [-0.1, -0.05) is 12.1 Å². The van der Waals surface area contributed by atoms with Crippen LogP contribution in [-0.2, 0) is 0 Å². The number of ether oxygens (including phenoxy) is 1. The highest BCUT2D eigenvalue weighted by atomic mass is 35.5. The molecule has 0 bridgehead atoms. The summed E-state index contributed by atoms with van der Waals surface area (Å²) >= 11 is 0. The Hall–Kier alpha value is -0.730. The molecule has 1 aliphatic carbocycles. The third-order valence-corrected chi connectivity index (χ3v) is 2.88. The topological polar surface area (TPSA) is 35.2 Å². The maximum Gasteiger partial charge on any atom is 0.123 e. The second kappa shape index (κ2) is 4.86. The van der Waals surface area contributed by atoms with E-state index in [0.29, 0.717) is 5.92 Å². The van der Waals surface area contributed by atoms with E-state index in [4.69, 9.17) is 10.5 Å². The Labute approximate surface area is 97.2 Å². The second-order valence-corrected chi connectivity index (χ2v) is 4.11. The summed E-state index contributed by atoms with van der Waals surface area (Å²) in [6.07, 6.45) is 2.52. The van der Waals surface area contributed by atoms with E-state index in [1.165, 1.54) is 18.4 Å². The van der Waals surface area contributed by atoms with E-state index in [-0.39, 0.29) is 18.4 Å². The minimum absolute atomic E-state index is 0. The molecule has 1 atom stereocenters. The Morgan fingerprint density at radius 1 is 1.40 bits per heavy atom. The molecule has 0 saturated heterocycles. The third-order valence-electron chi connectivity index (χ3n) is 2.88. The molecule has 2 nitrogen and oxygen atoms in total. The standard InChI is InChI=1S/C12H17NO.ClH/c1-8-3-6-10(11(7-8)14-2)12(13)9-4-5-9;/h3,6-7,9,12H,4-5,13H2,1-2H3;1H/t12-;/m1./s1. The number of benzene rings is 1. The molecule has 1 aromatic rings. The lowest BCUT2D eigenvalue weighted by Crippen LogP contribution is -2.13. The van der Waals surface area contributed by atoms with Crippen molar-refractivity contribution >= 4 is 12.4 Å². The lowest BCUT2D eigenvalue weighted by molar-refractivity contribution is 0.402. The van der Waals surface area contributed by atoms with Crippen molar-refractivity contribution in [1.82, 2.24) is 0 Å². The van der Waals surface area contributed by atoms with E-state index in [1.54, 1.807) is 7.11 Å². The van der Waals surface area contributed by atoms with Crippen LogP contribution in [0.1, 0.15) is 30.0 Å². The zero-order valence-electron chi connectivity index (χ0n) is 9.19. The van der Waals surface area contributed by atoms with Gasteiger partial charge in [-0.05, 0) is 37.3 Å². The summed E-state index contributed by atoms with van der Waals surface area (Å²) in [5, 5.41) is 0. The first-order chi connectivity index (χ1) is 6.72. The number of methoxy groups -OCH3 is 1. The number of hydrogen-bond acceptors (Lipinski definition) is 2. The van der Waals surface area contributed by atoms with Gasteiger partial charge in [0.15, 0.2) is 0 Å². The van der Waals surface area contributed by atoms with Crippen molar-refractivity contribution in [2.24, 2.45) is 11.7 Å². The number of hydrogen-bond donors (Lipinski definition) is 1. The lowest BCUT2D eigenvalue weighted by atomic mass is 10.0. The van der Waals surface area contributed by atoms with Crippen molar-refractivity contribution in [3.05, 3.63) is 29.3 Å². The van der Waals surface area contributed by atoms with E-state index in [2.05, 4.69) is 25.1 Å². The van der Waals surface area contributed by atoms with Gasteiger partial charge in [-0.25, -0.2) is 0 Å². The molecule has 15 heavy (non-hydrogen) atoms. The van der Waals surface area contributed by atoms with Gasteiger partial charge in [0, 0.05) is 11.6 Å². The zero-order chi connectivity index (χ0) is 10.1. The van der Waals surface area contributed by atoms with Crippen LogP contribution in [0.25, 0.3) is 0 Å². The molecule has 1 aromatic carbocycles. The van der Waals surface area contributed by atoms with Crippen LogP contribution in [0.15, 0.2) is 18.2 Å². The molecule has 2 rings (SSSR count). The van der Waals surface area contributed by atoms with Crippen LogP contribution in [-0.4, -0.2) is 7.11 Å². The third kappa shape index (κ3) is 2.64. The summed E-state index contributed by atoms with van der Waals surface area (Å²) in [5.41, 5.74) is 8.52. The fraction of sp³-hybridized carbons (Fsp3) is 0.500. The van der Waals surface area contributed by atoms with E-state index in [1.807, 2.05) is 0 Å². The number of nitrogens with two attached hydrogens (primary N) is 1. The minimum Gasteiger partial charge on any atom is -0.496 e. The number of aryl methyl sites for hydroxylation is 1. The van der Waals surface area contributed by atoms with Crippen molar-refractivity contribution in [2.75, 3.05) is 7.11 Å². The molecule has 0 unspecified atom stereocenters. The molecule has 2 N–H and O–H groups in total. The Morgan fingerprint density at radius 2 is 2.07 bits per heavy atom. The maximum absolute atomic E-state index is 6.15. The Bertz CT molecular complexity index is 336. The van der Waals surface area contributed by atoms with Crippen molar-refractivity contribution in [2.45, 2.75) is 25.8 Å². The summed E-state index contributed by atoms with van der Waals surface area (Å²) in [5.74, 6) is 1.61. The van der Waals surface area contributed by atoms with Crippen molar-refractivity contribution < 1.29 is 4.74 Å². The van der Waals surface area contributed by atoms with Gasteiger partial charge in [0.05, 0.1) is 7.11 Å². The molecule has 3 heteroatoms.